The molecule has 2 aromatic rings. The van der Waals surface area contributed by atoms with Crippen molar-refractivity contribution < 1.29 is 0 Å². The van der Waals surface area contributed by atoms with Gasteiger partial charge >= 0.3 is 0 Å². The van der Waals surface area contributed by atoms with Crippen LogP contribution in [0.2, 0.25) is 0 Å². The summed E-state index contributed by atoms with van der Waals surface area (Å²) in [7, 11) is 0. The van der Waals surface area contributed by atoms with Gasteiger partial charge in [-0.05, 0) is 62.9 Å². The second-order valence-electron chi connectivity index (χ2n) is 5.86. The molecule has 0 aliphatic heterocycles. The summed E-state index contributed by atoms with van der Waals surface area (Å²) < 4.78 is 3.36. The smallest absolute Gasteiger partial charge is 0.0596 e. The Labute approximate surface area is 134 Å². The summed E-state index contributed by atoms with van der Waals surface area (Å²) in [5, 5.41) is 8.21. The molecule has 112 valence electrons. The monoisotopic (exact) mass is 347 g/mol. The number of rotatable bonds is 5. The van der Waals surface area contributed by atoms with Crippen molar-refractivity contribution in [1.82, 2.24) is 15.1 Å². The zero-order chi connectivity index (χ0) is 14.8. The SMILES string of the molecule is Cc1cc(C)n(CCCNC2CCc3c(Br)cccc32)n1. The first-order chi connectivity index (χ1) is 10.1. The molecule has 4 heteroatoms. The van der Waals surface area contributed by atoms with E-state index in [0.717, 1.165) is 25.2 Å². The molecule has 1 N–H and O–H groups in total. The molecule has 1 unspecified atom stereocenters. The van der Waals surface area contributed by atoms with Gasteiger partial charge in [0.1, 0.15) is 0 Å². The maximum absolute atomic E-state index is 4.51. The minimum Gasteiger partial charge on any atom is -0.310 e. The fourth-order valence-corrected chi connectivity index (χ4v) is 3.81. The van der Waals surface area contributed by atoms with Gasteiger partial charge < -0.3 is 5.32 Å². The molecule has 3 rings (SSSR count). The molecule has 1 aromatic carbocycles. The highest BCUT2D eigenvalue weighted by Crippen LogP contribution is 2.35. The number of hydrogen-bond acceptors (Lipinski definition) is 2. The normalized spacial score (nSPS) is 17.2. The number of fused-ring (bicyclic) bond motifs is 1. The van der Waals surface area contributed by atoms with Crippen LogP contribution in [0.4, 0.5) is 0 Å². The van der Waals surface area contributed by atoms with Crippen molar-refractivity contribution in [2.75, 3.05) is 6.54 Å². The molecule has 0 bridgehead atoms. The Morgan fingerprint density at radius 2 is 2.24 bits per heavy atom. The van der Waals surface area contributed by atoms with Gasteiger partial charge in [-0.1, -0.05) is 28.1 Å². The van der Waals surface area contributed by atoms with E-state index in [0.29, 0.717) is 6.04 Å². The average Bonchev–Trinajstić information content (AvgIpc) is 3.00. The number of hydrogen-bond donors (Lipinski definition) is 1. The summed E-state index contributed by atoms with van der Waals surface area (Å²) in [6.07, 6.45) is 3.49. The number of benzene rings is 1. The summed E-state index contributed by atoms with van der Waals surface area (Å²) in [6, 6.07) is 9.19. The summed E-state index contributed by atoms with van der Waals surface area (Å²) >= 11 is 3.66. The van der Waals surface area contributed by atoms with Gasteiger partial charge in [0.25, 0.3) is 0 Å². The molecule has 0 saturated carbocycles. The third kappa shape index (κ3) is 3.22. The molecule has 0 spiro atoms. The lowest BCUT2D eigenvalue weighted by molar-refractivity contribution is 0.481. The standard InChI is InChI=1S/C17H22BrN3/c1-12-11-13(2)21(20-12)10-4-9-19-17-8-7-14-15(17)5-3-6-16(14)18/h3,5-6,11,17,19H,4,7-10H2,1-2H3. The molecule has 1 aliphatic rings. The predicted molar refractivity (Wildman–Crippen MR) is 89.5 cm³/mol. The summed E-state index contributed by atoms with van der Waals surface area (Å²) in [4.78, 5) is 0. The van der Waals surface area contributed by atoms with Crippen molar-refractivity contribution in [1.29, 1.82) is 0 Å². The fraction of sp³-hybridized carbons (Fsp3) is 0.471. The first-order valence-corrected chi connectivity index (χ1v) is 8.46. The Morgan fingerprint density at radius 3 is 3.00 bits per heavy atom. The minimum absolute atomic E-state index is 0.512. The van der Waals surface area contributed by atoms with E-state index in [9.17, 15) is 0 Å². The van der Waals surface area contributed by atoms with Gasteiger partial charge in [-0.2, -0.15) is 5.10 Å². The van der Waals surface area contributed by atoms with E-state index >= 15 is 0 Å². The number of aryl methyl sites for hydroxylation is 3. The molecular weight excluding hydrogens is 326 g/mol. The highest BCUT2D eigenvalue weighted by Gasteiger charge is 2.23. The van der Waals surface area contributed by atoms with Gasteiger partial charge in [-0.15, -0.1) is 0 Å². The Balaban J connectivity index is 1.51. The lowest BCUT2D eigenvalue weighted by Crippen LogP contribution is -2.21. The molecule has 1 heterocycles. The second-order valence-corrected chi connectivity index (χ2v) is 6.71. The molecular formula is C17H22BrN3. The molecule has 1 atom stereocenters. The lowest BCUT2D eigenvalue weighted by atomic mass is 10.1. The van der Waals surface area contributed by atoms with Crippen LogP contribution in [0.3, 0.4) is 0 Å². The van der Waals surface area contributed by atoms with Gasteiger partial charge in [-0.3, -0.25) is 4.68 Å². The van der Waals surface area contributed by atoms with Gasteiger partial charge in [0.05, 0.1) is 5.69 Å². The Hall–Kier alpha value is -1.13. The molecule has 0 radical (unpaired) electrons. The molecule has 0 saturated heterocycles. The first kappa shape index (κ1) is 14.8. The number of nitrogens with zero attached hydrogens (tertiary/aromatic N) is 2. The first-order valence-electron chi connectivity index (χ1n) is 7.67. The van der Waals surface area contributed by atoms with Crippen LogP contribution in [-0.4, -0.2) is 16.3 Å². The van der Waals surface area contributed by atoms with Crippen molar-refractivity contribution in [2.45, 2.75) is 45.7 Å². The third-order valence-electron chi connectivity index (χ3n) is 4.25. The van der Waals surface area contributed by atoms with Crippen LogP contribution in [0.1, 0.15) is 41.4 Å². The predicted octanol–water partition coefficient (Wildman–Crippen LogP) is 3.93. The van der Waals surface area contributed by atoms with Crippen molar-refractivity contribution >= 4 is 15.9 Å². The Morgan fingerprint density at radius 1 is 1.38 bits per heavy atom. The van der Waals surface area contributed by atoms with Crippen molar-refractivity contribution in [2.24, 2.45) is 0 Å². The van der Waals surface area contributed by atoms with Crippen LogP contribution in [0.25, 0.3) is 0 Å². The average molecular weight is 348 g/mol. The summed E-state index contributed by atoms with van der Waals surface area (Å²) in [5.74, 6) is 0. The van der Waals surface area contributed by atoms with Crippen molar-refractivity contribution in [3.05, 3.63) is 51.3 Å². The second kappa shape index (κ2) is 6.32. The maximum atomic E-state index is 4.51. The summed E-state index contributed by atoms with van der Waals surface area (Å²) in [5.41, 5.74) is 5.31. The van der Waals surface area contributed by atoms with Crippen LogP contribution in [-0.2, 0) is 13.0 Å². The van der Waals surface area contributed by atoms with Gasteiger partial charge in [0, 0.05) is 22.8 Å². The van der Waals surface area contributed by atoms with E-state index in [-0.39, 0.29) is 0 Å². The van der Waals surface area contributed by atoms with Gasteiger partial charge in [0.15, 0.2) is 0 Å². The van der Waals surface area contributed by atoms with Crippen LogP contribution in [0, 0.1) is 13.8 Å². The summed E-state index contributed by atoms with van der Waals surface area (Å²) in [6.45, 7) is 6.20. The quantitative estimate of drug-likeness (QED) is 0.830. The molecule has 1 aromatic heterocycles. The van der Waals surface area contributed by atoms with Gasteiger partial charge in [-0.25, -0.2) is 0 Å². The zero-order valence-corrected chi connectivity index (χ0v) is 14.3. The van der Waals surface area contributed by atoms with Crippen LogP contribution >= 0.6 is 15.9 Å². The van der Waals surface area contributed by atoms with Crippen molar-refractivity contribution in [3.63, 3.8) is 0 Å². The third-order valence-corrected chi connectivity index (χ3v) is 5.00. The van der Waals surface area contributed by atoms with Crippen LogP contribution < -0.4 is 5.32 Å². The Bertz CT molecular complexity index is 633. The molecule has 3 nitrogen and oxygen atoms in total. The van der Waals surface area contributed by atoms with E-state index in [2.05, 4.69) is 69.1 Å². The van der Waals surface area contributed by atoms with E-state index < -0.39 is 0 Å². The highest BCUT2D eigenvalue weighted by atomic mass is 79.9. The molecule has 1 aliphatic carbocycles. The number of halogens is 1. The number of nitrogens with one attached hydrogen (secondary N) is 1. The highest BCUT2D eigenvalue weighted by molar-refractivity contribution is 9.10. The van der Waals surface area contributed by atoms with Crippen molar-refractivity contribution in [3.8, 4) is 0 Å². The van der Waals surface area contributed by atoms with E-state index in [1.54, 1.807) is 0 Å². The molecule has 21 heavy (non-hydrogen) atoms. The van der Waals surface area contributed by atoms with E-state index in [4.69, 9.17) is 0 Å². The molecule has 0 fully saturated rings. The molecule has 0 amide bonds. The van der Waals surface area contributed by atoms with Gasteiger partial charge in [0.2, 0.25) is 0 Å². The zero-order valence-electron chi connectivity index (χ0n) is 12.7. The fourth-order valence-electron chi connectivity index (χ4n) is 3.23. The topological polar surface area (TPSA) is 29.9 Å². The van der Waals surface area contributed by atoms with Crippen LogP contribution in [0.5, 0.6) is 0 Å². The van der Waals surface area contributed by atoms with E-state index in [1.807, 2.05) is 0 Å². The van der Waals surface area contributed by atoms with E-state index in [1.165, 1.54) is 34.1 Å². The van der Waals surface area contributed by atoms with Crippen LogP contribution in [0.15, 0.2) is 28.7 Å². The lowest BCUT2D eigenvalue weighted by Gasteiger charge is -2.14. The Kier molecular flexibility index (Phi) is 4.45. The minimum atomic E-state index is 0.512. The maximum Gasteiger partial charge on any atom is 0.0596 e. The largest absolute Gasteiger partial charge is 0.310 e. The number of aromatic nitrogens is 2.